The van der Waals surface area contributed by atoms with E-state index in [4.69, 9.17) is 39.5 Å². The normalized spacial score (nSPS) is 13.6. The molecule has 0 heterocycles. The number of hydrogen-bond acceptors (Lipinski definition) is 2. The molecule has 0 aromatic heterocycles. The first-order valence-corrected chi connectivity index (χ1v) is 6.39. The third kappa shape index (κ3) is 2.52. The van der Waals surface area contributed by atoms with Crippen molar-refractivity contribution in [1.29, 1.82) is 0 Å². The zero-order valence-electron chi connectivity index (χ0n) is 9.53. The molecule has 2 nitrogen and oxygen atoms in total. The Kier molecular flexibility index (Phi) is 3.93. The van der Waals surface area contributed by atoms with Crippen LogP contribution in [0.3, 0.4) is 0 Å². The number of hydrogen-bond donors (Lipinski definition) is 1. The molecule has 96 valence electrons. The molecule has 2 aromatic rings. The number of fused-ring (bicyclic) bond motifs is 1. The van der Waals surface area contributed by atoms with Crippen LogP contribution in [0, 0.1) is 0 Å². The number of aliphatic hydroxyl groups is 1. The van der Waals surface area contributed by atoms with E-state index in [-0.39, 0.29) is 0 Å². The molecule has 0 amide bonds. The van der Waals surface area contributed by atoms with E-state index in [2.05, 4.69) is 0 Å². The monoisotopic (exact) mass is 304 g/mol. The molecular formula is C13H11Cl3O2. The molecule has 0 saturated heterocycles. The summed E-state index contributed by atoms with van der Waals surface area (Å²) in [6.07, 6.45) is -1.26. The summed E-state index contributed by atoms with van der Waals surface area (Å²) in [4.78, 5) is 0. The fraction of sp³-hybridized carbons (Fsp3) is 0.231. The van der Waals surface area contributed by atoms with Gasteiger partial charge in [0.05, 0.1) is 7.11 Å². The van der Waals surface area contributed by atoms with Gasteiger partial charge in [-0.1, -0.05) is 65.1 Å². The number of ether oxygens (including phenoxy) is 1. The average Bonchev–Trinajstić information content (AvgIpc) is 2.35. The molecule has 2 aromatic carbocycles. The molecule has 0 aliphatic heterocycles. The molecule has 0 aliphatic carbocycles. The molecular weight excluding hydrogens is 294 g/mol. The van der Waals surface area contributed by atoms with Crippen molar-refractivity contribution in [3.8, 4) is 5.75 Å². The largest absolute Gasteiger partial charge is 0.496 e. The van der Waals surface area contributed by atoms with E-state index < -0.39 is 9.90 Å². The van der Waals surface area contributed by atoms with Gasteiger partial charge < -0.3 is 9.84 Å². The molecule has 0 aliphatic rings. The summed E-state index contributed by atoms with van der Waals surface area (Å²) < 4.78 is 3.43. The lowest BCUT2D eigenvalue weighted by Crippen LogP contribution is -2.17. The topological polar surface area (TPSA) is 29.5 Å². The van der Waals surface area contributed by atoms with Crippen LogP contribution in [0.2, 0.25) is 0 Å². The van der Waals surface area contributed by atoms with Crippen LogP contribution in [0.5, 0.6) is 5.75 Å². The van der Waals surface area contributed by atoms with Crippen LogP contribution in [-0.2, 0) is 0 Å². The summed E-state index contributed by atoms with van der Waals surface area (Å²) in [6, 6.07) is 11.2. The van der Waals surface area contributed by atoms with Gasteiger partial charge in [-0.25, -0.2) is 0 Å². The highest BCUT2D eigenvalue weighted by atomic mass is 35.6. The lowest BCUT2D eigenvalue weighted by molar-refractivity contribution is 0.179. The Morgan fingerprint density at radius 2 is 1.78 bits per heavy atom. The fourth-order valence-electron chi connectivity index (χ4n) is 1.90. The highest BCUT2D eigenvalue weighted by Crippen LogP contribution is 2.45. The molecule has 0 radical (unpaired) electrons. The van der Waals surface area contributed by atoms with Crippen molar-refractivity contribution in [2.45, 2.75) is 9.90 Å². The smallest absolute Gasteiger partial charge is 0.220 e. The molecule has 5 heteroatoms. The molecule has 0 saturated carbocycles. The van der Waals surface area contributed by atoms with E-state index in [1.807, 2.05) is 30.3 Å². The summed E-state index contributed by atoms with van der Waals surface area (Å²) >= 11 is 17.3. The molecule has 0 spiro atoms. The first-order valence-electron chi connectivity index (χ1n) is 5.25. The summed E-state index contributed by atoms with van der Waals surface area (Å²) in [5, 5.41) is 11.9. The second-order valence-corrected chi connectivity index (χ2v) is 6.22. The maximum absolute atomic E-state index is 10.2. The van der Waals surface area contributed by atoms with Gasteiger partial charge in [0.25, 0.3) is 0 Å². The second-order valence-electron chi connectivity index (χ2n) is 3.85. The van der Waals surface area contributed by atoms with Crippen LogP contribution in [0.4, 0.5) is 0 Å². The van der Waals surface area contributed by atoms with Crippen molar-refractivity contribution in [1.82, 2.24) is 0 Å². The van der Waals surface area contributed by atoms with Crippen molar-refractivity contribution in [2.24, 2.45) is 0 Å². The molecule has 1 N–H and O–H groups in total. The first kappa shape index (κ1) is 13.8. The molecule has 1 atom stereocenters. The van der Waals surface area contributed by atoms with Gasteiger partial charge in [-0.15, -0.1) is 0 Å². The van der Waals surface area contributed by atoms with Gasteiger partial charge in [0.1, 0.15) is 11.9 Å². The lowest BCUT2D eigenvalue weighted by atomic mass is 10.00. The predicted molar refractivity (Wildman–Crippen MR) is 75.7 cm³/mol. The SMILES string of the molecule is COc1ccc2ccccc2c1C(O)C(Cl)(Cl)Cl. The van der Waals surface area contributed by atoms with E-state index in [1.165, 1.54) is 7.11 Å². The third-order valence-corrected chi connectivity index (χ3v) is 3.35. The molecule has 0 bridgehead atoms. The van der Waals surface area contributed by atoms with Crippen molar-refractivity contribution in [3.63, 3.8) is 0 Å². The molecule has 18 heavy (non-hydrogen) atoms. The number of rotatable bonds is 2. The maximum Gasteiger partial charge on any atom is 0.220 e. The summed E-state index contributed by atoms with van der Waals surface area (Å²) in [7, 11) is 1.51. The number of aliphatic hydroxyl groups excluding tert-OH is 1. The molecule has 1 unspecified atom stereocenters. The van der Waals surface area contributed by atoms with Crippen LogP contribution in [0.1, 0.15) is 11.7 Å². The van der Waals surface area contributed by atoms with Gasteiger partial charge in [-0.2, -0.15) is 0 Å². The highest BCUT2D eigenvalue weighted by molar-refractivity contribution is 6.68. The van der Waals surface area contributed by atoms with Gasteiger partial charge in [0.15, 0.2) is 0 Å². The molecule has 2 rings (SSSR count). The highest BCUT2D eigenvalue weighted by Gasteiger charge is 2.35. The fourth-order valence-corrected chi connectivity index (χ4v) is 2.23. The quantitative estimate of drug-likeness (QED) is 0.840. The third-order valence-electron chi connectivity index (χ3n) is 2.73. The number of halogens is 3. The number of methoxy groups -OCH3 is 1. The van der Waals surface area contributed by atoms with Crippen LogP contribution < -0.4 is 4.74 Å². The summed E-state index contributed by atoms with van der Waals surface area (Å²) in [5.74, 6) is 0.493. The van der Waals surface area contributed by atoms with Gasteiger partial charge in [0, 0.05) is 5.56 Å². The Bertz CT molecular complexity index is 564. The zero-order valence-corrected chi connectivity index (χ0v) is 11.8. The van der Waals surface area contributed by atoms with Gasteiger partial charge in [-0.3, -0.25) is 0 Å². The molecule has 0 fully saturated rings. The van der Waals surface area contributed by atoms with Crippen LogP contribution >= 0.6 is 34.8 Å². The lowest BCUT2D eigenvalue weighted by Gasteiger charge is -2.23. The van der Waals surface area contributed by atoms with E-state index >= 15 is 0 Å². The van der Waals surface area contributed by atoms with E-state index in [0.717, 1.165) is 10.8 Å². The van der Waals surface area contributed by atoms with Crippen molar-refractivity contribution < 1.29 is 9.84 Å². The van der Waals surface area contributed by atoms with Crippen molar-refractivity contribution in [3.05, 3.63) is 42.0 Å². The second kappa shape index (κ2) is 5.14. The number of benzene rings is 2. The van der Waals surface area contributed by atoms with Crippen LogP contribution in [0.25, 0.3) is 10.8 Å². The number of alkyl halides is 3. The van der Waals surface area contributed by atoms with Gasteiger partial charge in [0.2, 0.25) is 3.79 Å². The minimum absolute atomic E-state index is 0.482. The minimum Gasteiger partial charge on any atom is -0.496 e. The van der Waals surface area contributed by atoms with E-state index in [1.54, 1.807) is 6.07 Å². The van der Waals surface area contributed by atoms with Gasteiger partial charge in [-0.05, 0) is 16.8 Å². The Hall–Kier alpha value is -0.670. The average molecular weight is 306 g/mol. The van der Waals surface area contributed by atoms with Gasteiger partial charge >= 0.3 is 0 Å². The van der Waals surface area contributed by atoms with E-state index in [9.17, 15) is 5.11 Å². The maximum atomic E-state index is 10.2. The first-order chi connectivity index (χ1) is 8.45. The predicted octanol–water partition coefficient (Wildman–Crippen LogP) is 4.25. The van der Waals surface area contributed by atoms with Crippen LogP contribution in [0.15, 0.2) is 36.4 Å². The Labute approximate surface area is 120 Å². The van der Waals surface area contributed by atoms with E-state index in [0.29, 0.717) is 11.3 Å². The Morgan fingerprint density at radius 3 is 2.39 bits per heavy atom. The standard InChI is InChI=1S/C13H11Cl3O2/c1-18-10-7-6-8-4-2-3-5-9(8)11(10)12(17)13(14,15)16/h2-7,12,17H,1H3. The van der Waals surface area contributed by atoms with Crippen molar-refractivity contribution in [2.75, 3.05) is 7.11 Å². The van der Waals surface area contributed by atoms with Crippen LogP contribution in [-0.4, -0.2) is 16.0 Å². The Morgan fingerprint density at radius 1 is 1.11 bits per heavy atom. The zero-order chi connectivity index (χ0) is 13.3. The summed E-state index contributed by atoms with van der Waals surface area (Å²) in [6.45, 7) is 0. The van der Waals surface area contributed by atoms with Crippen molar-refractivity contribution >= 4 is 45.6 Å². The summed E-state index contributed by atoms with van der Waals surface area (Å²) in [5.41, 5.74) is 0.482. The Balaban J connectivity index is 2.72. The minimum atomic E-state index is -1.81.